The Bertz CT molecular complexity index is 7140. The second-order valence-electron chi connectivity index (χ2n) is 29.1. The van der Waals surface area contributed by atoms with Crippen LogP contribution < -0.4 is 78.2 Å². The number of halogens is 2. The number of carbonyl (C=O) groups excluding carboxylic acids is 3. The van der Waals surface area contributed by atoms with E-state index in [0.717, 1.165) is 101 Å². The third kappa shape index (κ3) is 32.0. The number of hydrogen-bond acceptors (Lipinski definition) is 26. The fourth-order valence-electron chi connectivity index (χ4n) is 12.5. The molecule has 0 spiro atoms. The standard InChI is InChI=1S/C25H21ClN6O2.C25H21N5O2.C20H19N5O.C20H14N4.C18H13BrN4/c1-2-25(33)32-18-8-5-7-17(12-18)30-23-14-24(29-16-28-23)31-19-9-10-22(21(26)13-19)34-15-20-6-3-4-11-27-20;1-2-25(31)30-20-8-6-7-19(15-20)29-24-16-23(26-17-27-24)28-18-11-13-22(14-12-18)32-21-9-4-3-5-10-21;1-3-20(26)24-16-9-7-8-15(12-16)23-18-13-19(22-14-21-18)25(2)17-10-5-4-6-11-17;1-3-15-7-5-9-17(11-15)23-19-13-20(22-14-21-19)24-18-10-6-8-16(4-2)12-18;1-2-13-5-3-7-15(9-13)22-17-11-18(21-12-20-17)23-16-8-4-6-14(19)10-16/h2-14,16H,1,15H2,(H,32,33)(H2,28,29,30,31);2-17H,1H2,(H,30,31)(H2,26,27,28,29);3-14H,1H2,2H3,(H,24,26)(H,21,22,23);1-2,5-14H,(H2,21,22,23,24);1,3-12H,(H2,20,21,22,23). The minimum atomic E-state index is -0.280. The monoisotopic (exact) mass is 1910 g/mol. The number of rotatable bonds is 31. The molecule has 0 aliphatic heterocycles. The van der Waals surface area contributed by atoms with Crippen LogP contribution in [0.3, 0.4) is 0 Å². The highest BCUT2D eigenvalue weighted by Gasteiger charge is 2.14. The fraction of sp³-hybridized carbons (Fsp3) is 0.0185. The summed E-state index contributed by atoms with van der Waals surface area (Å²) in [5, 5.41) is 37.6. The van der Waals surface area contributed by atoms with Crippen molar-refractivity contribution in [3.8, 4) is 54.3 Å². The zero-order valence-electron chi connectivity index (χ0n) is 74.5. The van der Waals surface area contributed by atoms with Crippen LogP contribution in [0.15, 0.2) is 402 Å². The molecule has 0 unspecified atom stereocenters. The molecular formula is C108H88BrClN24O5. The highest BCUT2D eigenvalue weighted by Crippen LogP contribution is 2.34. The number of terminal acetylenes is 3. The van der Waals surface area contributed by atoms with Gasteiger partial charge in [-0.05, 0) is 224 Å². The van der Waals surface area contributed by atoms with Gasteiger partial charge in [0, 0.05) is 139 Å². The zero-order valence-corrected chi connectivity index (χ0v) is 76.9. The highest BCUT2D eigenvalue weighted by atomic mass is 79.9. The molecule has 29 nitrogen and oxygen atoms in total. The van der Waals surface area contributed by atoms with E-state index in [0.29, 0.717) is 86.8 Å². The van der Waals surface area contributed by atoms with E-state index < -0.39 is 0 Å². The van der Waals surface area contributed by atoms with Gasteiger partial charge in [-0.2, -0.15) is 0 Å². The van der Waals surface area contributed by atoms with Crippen molar-refractivity contribution in [2.45, 2.75) is 6.61 Å². The fourth-order valence-corrected chi connectivity index (χ4v) is 13.1. The molecule has 31 heteroatoms. The molecule has 0 radical (unpaired) electrons. The van der Waals surface area contributed by atoms with E-state index in [2.05, 4.69) is 172 Å². The predicted octanol–water partition coefficient (Wildman–Crippen LogP) is 24.3. The second-order valence-corrected chi connectivity index (χ2v) is 30.5. The Morgan fingerprint density at radius 2 is 0.662 bits per heavy atom. The first kappa shape index (κ1) is 97.2. The van der Waals surface area contributed by atoms with Crippen LogP contribution in [-0.4, -0.2) is 79.6 Å². The van der Waals surface area contributed by atoms with E-state index >= 15 is 0 Å². The number of amides is 3. The van der Waals surface area contributed by atoms with Gasteiger partial charge < -0.3 is 78.2 Å². The van der Waals surface area contributed by atoms with E-state index in [9.17, 15) is 14.4 Å². The molecule has 11 aromatic carbocycles. The van der Waals surface area contributed by atoms with Gasteiger partial charge in [-0.25, -0.2) is 49.8 Å². The van der Waals surface area contributed by atoms with Crippen molar-refractivity contribution >= 4 is 177 Å². The molecule has 0 saturated carbocycles. The lowest BCUT2D eigenvalue weighted by Crippen LogP contribution is -2.11. The van der Waals surface area contributed by atoms with Crippen LogP contribution >= 0.6 is 27.5 Å². The molecule has 684 valence electrons. The summed E-state index contributed by atoms with van der Waals surface area (Å²) in [5.41, 5.74) is 13.7. The highest BCUT2D eigenvalue weighted by molar-refractivity contribution is 9.10. The maximum Gasteiger partial charge on any atom is 0.247 e. The van der Waals surface area contributed by atoms with Gasteiger partial charge in [0.05, 0.1) is 10.7 Å². The number of aromatic nitrogens is 11. The van der Waals surface area contributed by atoms with Crippen molar-refractivity contribution in [2.24, 2.45) is 0 Å². The smallest absolute Gasteiger partial charge is 0.247 e. The Morgan fingerprint density at radius 3 is 1.04 bits per heavy atom. The van der Waals surface area contributed by atoms with Crippen molar-refractivity contribution in [2.75, 3.05) is 75.7 Å². The van der Waals surface area contributed by atoms with Crippen molar-refractivity contribution in [1.29, 1.82) is 0 Å². The van der Waals surface area contributed by atoms with Crippen LogP contribution in [-0.2, 0) is 21.0 Å². The quantitative estimate of drug-likeness (QED) is 0.0142. The lowest BCUT2D eigenvalue weighted by Gasteiger charge is -2.18. The Hall–Kier alpha value is -19.3. The molecule has 0 bridgehead atoms. The number of hydrogen-bond donors (Lipinski definition) is 12. The molecule has 0 aliphatic rings. The van der Waals surface area contributed by atoms with Gasteiger partial charge >= 0.3 is 0 Å². The van der Waals surface area contributed by atoms with Gasteiger partial charge in [-0.3, -0.25) is 19.4 Å². The first-order chi connectivity index (χ1) is 67.9. The predicted molar refractivity (Wildman–Crippen MR) is 560 cm³/mol. The summed E-state index contributed by atoms with van der Waals surface area (Å²) in [7, 11) is 1.95. The van der Waals surface area contributed by atoms with Gasteiger partial charge in [0.25, 0.3) is 0 Å². The minimum Gasteiger partial charge on any atom is -0.486 e. The summed E-state index contributed by atoms with van der Waals surface area (Å²) < 4.78 is 12.6. The van der Waals surface area contributed by atoms with Gasteiger partial charge in [-0.15, -0.1) is 19.3 Å². The molecule has 6 aromatic heterocycles. The number of benzene rings is 11. The van der Waals surface area contributed by atoms with Crippen LogP contribution in [0.1, 0.15) is 22.4 Å². The number of nitrogens with zero attached hydrogens (tertiary/aromatic N) is 12. The Morgan fingerprint density at radius 1 is 0.338 bits per heavy atom. The molecule has 17 aromatic rings. The van der Waals surface area contributed by atoms with Crippen molar-refractivity contribution < 1.29 is 23.9 Å². The van der Waals surface area contributed by atoms with Crippen molar-refractivity contribution in [3.05, 3.63) is 429 Å². The van der Waals surface area contributed by atoms with E-state index in [1.165, 1.54) is 49.9 Å². The van der Waals surface area contributed by atoms with Crippen molar-refractivity contribution in [1.82, 2.24) is 54.8 Å². The molecule has 0 saturated heterocycles. The largest absolute Gasteiger partial charge is 0.486 e. The number of anilines is 23. The van der Waals surface area contributed by atoms with Crippen LogP contribution in [0.25, 0.3) is 0 Å². The number of ether oxygens (including phenoxy) is 2. The first-order valence-corrected chi connectivity index (χ1v) is 43.6. The first-order valence-electron chi connectivity index (χ1n) is 42.5. The Labute approximate surface area is 816 Å². The minimum absolute atomic E-state index is 0.254. The SMILES string of the molecule is C#Cc1cccc(Nc2cc(Nc3cccc(Br)c3)ncn2)c1.C#Cc1cccc(Nc2cc(Nc3cccc(C#C)c3)ncn2)c1.C=CC(=O)Nc1cccc(Nc2cc(N(C)c3ccccc3)ncn2)c1.C=CC(=O)Nc1cccc(Nc2cc(Nc3ccc(OCc4ccccn4)c(Cl)c3)ncn2)c1.C=CC(=O)Nc1cccc(Nc2cc(Nc3ccc(Oc4ccccc4)cc3)ncn2)c1. The van der Waals surface area contributed by atoms with Crippen LogP contribution in [0.2, 0.25) is 5.02 Å². The molecule has 0 fully saturated rings. The summed E-state index contributed by atoms with van der Waals surface area (Å²) in [6, 6.07) is 99.9. The normalized spacial score (nSPS) is 10.0. The third-order valence-electron chi connectivity index (χ3n) is 19.0. The molecule has 12 N–H and O–H groups in total. The van der Waals surface area contributed by atoms with Crippen LogP contribution in [0.5, 0.6) is 17.2 Å². The molecule has 17 rings (SSSR count). The molecule has 0 aliphatic carbocycles. The summed E-state index contributed by atoms with van der Waals surface area (Å²) in [4.78, 5) is 83.2. The van der Waals surface area contributed by atoms with Crippen molar-refractivity contribution in [3.63, 3.8) is 0 Å². The number of pyridine rings is 1. The summed E-state index contributed by atoms with van der Waals surface area (Å²) >= 11 is 9.84. The Balaban J connectivity index is 0.000000148. The molecule has 139 heavy (non-hydrogen) atoms. The van der Waals surface area contributed by atoms with E-state index in [4.69, 9.17) is 40.3 Å². The van der Waals surface area contributed by atoms with E-state index in [1.807, 2.05) is 285 Å². The van der Waals surface area contributed by atoms with E-state index in [-0.39, 0.29) is 17.7 Å². The maximum atomic E-state index is 11.5. The Kier molecular flexibility index (Phi) is 35.6. The summed E-state index contributed by atoms with van der Waals surface area (Å²) in [6.07, 6.45) is 29.1. The lowest BCUT2D eigenvalue weighted by atomic mass is 10.2. The van der Waals surface area contributed by atoms with Gasteiger partial charge in [-0.1, -0.05) is 150 Å². The average molecular weight is 1920 g/mol. The average Bonchev–Trinajstić information content (AvgIpc) is 0.843. The zero-order chi connectivity index (χ0) is 97.1. The second kappa shape index (κ2) is 50.9. The summed E-state index contributed by atoms with van der Waals surface area (Å²) in [5.74, 6) is 15.7. The van der Waals surface area contributed by atoms with Crippen LogP contribution in [0, 0.1) is 37.0 Å². The number of para-hydroxylation sites is 2. The van der Waals surface area contributed by atoms with Gasteiger partial charge in [0.2, 0.25) is 17.7 Å². The van der Waals surface area contributed by atoms with Gasteiger partial charge in [0.1, 0.15) is 114 Å². The summed E-state index contributed by atoms with van der Waals surface area (Å²) in [6.45, 7) is 10.7. The number of nitrogens with one attached hydrogen (secondary N) is 12. The maximum absolute atomic E-state index is 11.5. The number of carbonyl (C=O) groups is 3. The molecule has 6 heterocycles. The van der Waals surface area contributed by atoms with E-state index in [1.54, 1.807) is 54.7 Å². The van der Waals surface area contributed by atoms with Crippen LogP contribution in [0.4, 0.5) is 132 Å². The molecule has 0 atom stereocenters. The lowest BCUT2D eigenvalue weighted by molar-refractivity contribution is -0.112. The molecular weight excluding hydrogens is 1830 g/mol. The molecule has 3 amide bonds. The third-order valence-corrected chi connectivity index (χ3v) is 19.8. The topological polar surface area (TPSA) is 359 Å². The van der Waals surface area contributed by atoms with Gasteiger partial charge in [0.15, 0.2) is 0 Å².